The molecule has 2 saturated heterocycles. The normalized spacial score (nSPS) is 30.0. The largest absolute Gasteiger partial charge is 0.469 e. The van der Waals surface area contributed by atoms with E-state index in [0.717, 1.165) is 51.5 Å². The van der Waals surface area contributed by atoms with Gasteiger partial charge in [-0.1, -0.05) is 6.42 Å². The quantitative estimate of drug-likeness (QED) is 0.819. The molecule has 5 heteroatoms. The van der Waals surface area contributed by atoms with E-state index in [1.54, 1.807) is 12.3 Å². The lowest BCUT2D eigenvalue weighted by molar-refractivity contribution is -0.150. The van der Waals surface area contributed by atoms with Crippen molar-refractivity contribution in [1.82, 2.24) is 4.90 Å². The summed E-state index contributed by atoms with van der Waals surface area (Å²) < 4.78 is 17.6. The van der Waals surface area contributed by atoms with Gasteiger partial charge in [0, 0.05) is 31.7 Å². The molecule has 2 aliphatic heterocycles. The van der Waals surface area contributed by atoms with E-state index in [2.05, 4.69) is 0 Å². The second kappa shape index (κ2) is 7.12. The monoisotopic (exact) mass is 347 g/mol. The van der Waals surface area contributed by atoms with Crippen LogP contribution in [0.1, 0.15) is 54.6 Å². The average Bonchev–Trinajstić information content (AvgIpc) is 3.02. The third-order valence-electron chi connectivity index (χ3n) is 6.33. The van der Waals surface area contributed by atoms with Crippen LogP contribution in [-0.2, 0) is 9.47 Å². The van der Waals surface area contributed by atoms with Crippen molar-refractivity contribution < 1.29 is 18.7 Å². The van der Waals surface area contributed by atoms with Crippen molar-refractivity contribution in [3.63, 3.8) is 0 Å². The van der Waals surface area contributed by atoms with E-state index < -0.39 is 0 Å². The van der Waals surface area contributed by atoms with Crippen molar-refractivity contribution in [2.24, 2.45) is 11.3 Å². The van der Waals surface area contributed by atoms with Gasteiger partial charge in [0.15, 0.2) is 0 Å². The number of carbonyl (C=O) groups excluding carboxylic acids is 1. The second-order valence-corrected chi connectivity index (χ2v) is 8.04. The molecule has 138 valence electrons. The Bertz CT molecular complexity index is 609. The zero-order chi connectivity index (χ0) is 17.3. The maximum absolute atomic E-state index is 12.9. The van der Waals surface area contributed by atoms with Gasteiger partial charge in [-0.15, -0.1) is 0 Å². The Morgan fingerprint density at radius 1 is 1.36 bits per heavy atom. The maximum atomic E-state index is 12.9. The summed E-state index contributed by atoms with van der Waals surface area (Å²) in [5.41, 5.74) is 0.633. The Morgan fingerprint density at radius 2 is 2.24 bits per heavy atom. The minimum absolute atomic E-state index is 0.0481. The zero-order valence-corrected chi connectivity index (χ0v) is 15.2. The van der Waals surface area contributed by atoms with E-state index in [1.165, 1.54) is 19.3 Å². The van der Waals surface area contributed by atoms with Crippen molar-refractivity contribution in [3.05, 3.63) is 23.7 Å². The molecule has 5 nitrogen and oxygen atoms in total. The number of piperidine rings is 1. The number of amides is 1. The van der Waals surface area contributed by atoms with Crippen LogP contribution in [0.3, 0.4) is 0 Å². The predicted molar refractivity (Wildman–Crippen MR) is 93.5 cm³/mol. The van der Waals surface area contributed by atoms with Crippen LogP contribution in [0, 0.1) is 18.3 Å². The number of aryl methyl sites for hydroxylation is 1. The molecule has 0 bridgehead atoms. The lowest BCUT2D eigenvalue weighted by atomic mass is 9.72. The van der Waals surface area contributed by atoms with Gasteiger partial charge in [-0.05, 0) is 51.0 Å². The van der Waals surface area contributed by atoms with Gasteiger partial charge in [0.1, 0.15) is 5.76 Å². The number of furan rings is 1. The van der Waals surface area contributed by atoms with E-state index in [1.807, 2.05) is 11.8 Å². The topological polar surface area (TPSA) is 51.9 Å². The number of likely N-dealkylation sites (tertiary alicyclic amines) is 1. The van der Waals surface area contributed by atoms with E-state index >= 15 is 0 Å². The summed E-state index contributed by atoms with van der Waals surface area (Å²) in [7, 11) is 0. The van der Waals surface area contributed by atoms with Crippen LogP contribution in [-0.4, -0.2) is 49.8 Å². The molecular weight excluding hydrogens is 318 g/mol. The second-order valence-electron chi connectivity index (χ2n) is 8.04. The van der Waals surface area contributed by atoms with Crippen LogP contribution in [0.15, 0.2) is 16.7 Å². The van der Waals surface area contributed by atoms with E-state index in [0.29, 0.717) is 17.9 Å². The van der Waals surface area contributed by atoms with Gasteiger partial charge in [0.2, 0.25) is 0 Å². The number of fused-ring (bicyclic) bond motifs is 1. The van der Waals surface area contributed by atoms with Crippen LogP contribution in [0.2, 0.25) is 0 Å². The van der Waals surface area contributed by atoms with Crippen molar-refractivity contribution in [2.45, 2.75) is 51.6 Å². The van der Waals surface area contributed by atoms with Gasteiger partial charge in [-0.25, -0.2) is 0 Å². The van der Waals surface area contributed by atoms with Crippen LogP contribution in [0.5, 0.6) is 0 Å². The van der Waals surface area contributed by atoms with Crippen molar-refractivity contribution in [3.8, 4) is 0 Å². The third kappa shape index (κ3) is 3.36. The number of nitrogens with zero attached hydrogens (tertiary/aromatic N) is 1. The van der Waals surface area contributed by atoms with Gasteiger partial charge < -0.3 is 18.8 Å². The van der Waals surface area contributed by atoms with Crippen LogP contribution in [0.25, 0.3) is 0 Å². The Balaban J connectivity index is 1.45. The summed E-state index contributed by atoms with van der Waals surface area (Å²) >= 11 is 0. The first-order valence-corrected chi connectivity index (χ1v) is 9.71. The first-order valence-electron chi connectivity index (χ1n) is 9.71. The van der Waals surface area contributed by atoms with Crippen molar-refractivity contribution in [2.75, 3.05) is 32.9 Å². The molecule has 3 heterocycles. The molecule has 0 N–H and O–H groups in total. The SMILES string of the molecule is Cc1occc1C(=O)N1CC[C@@H]2OCCC[C@@]2(COCC2CCC2)C1. The van der Waals surface area contributed by atoms with Gasteiger partial charge in [0.25, 0.3) is 5.91 Å². The number of hydrogen-bond donors (Lipinski definition) is 0. The minimum Gasteiger partial charge on any atom is -0.469 e. The number of ether oxygens (including phenoxy) is 2. The summed E-state index contributed by atoms with van der Waals surface area (Å²) in [6.07, 6.45) is 8.79. The first-order chi connectivity index (χ1) is 12.2. The highest BCUT2D eigenvalue weighted by atomic mass is 16.5. The van der Waals surface area contributed by atoms with Crippen LogP contribution >= 0.6 is 0 Å². The lowest BCUT2D eigenvalue weighted by Gasteiger charge is -2.50. The van der Waals surface area contributed by atoms with E-state index in [-0.39, 0.29) is 17.4 Å². The summed E-state index contributed by atoms with van der Waals surface area (Å²) in [6, 6.07) is 1.78. The number of rotatable bonds is 5. The molecular formula is C20H29NO4. The Labute approximate surface area is 149 Å². The summed E-state index contributed by atoms with van der Waals surface area (Å²) in [4.78, 5) is 14.9. The fourth-order valence-corrected chi connectivity index (χ4v) is 4.54. The molecule has 2 atom stereocenters. The first kappa shape index (κ1) is 17.1. The highest BCUT2D eigenvalue weighted by Gasteiger charge is 2.47. The smallest absolute Gasteiger partial charge is 0.257 e. The molecule has 0 unspecified atom stereocenters. The van der Waals surface area contributed by atoms with Gasteiger partial charge >= 0.3 is 0 Å². The van der Waals surface area contributed by atoms with Gasteiger partial charge in [-0.2, -0.15) is 0 Å². The summed E-state index contributed by atoms with van der Waals surface area (Å²) in [6.45, 7) is 5.74. The van der Waals surface area contributed by atoms with Gasteiger partial charge in [0.05, 0.1) is 24.5 Å². The van der Waals surface area contributed by atoms with Crippen molar-refractivity contribution >= 4 is 5.91 Å². The van der Waals surface area contributed by atoms with Crippen LogP contribution < -0.4 is 0 Å². The Hall–Kier alpha value is -1.33. The number of carbonyl (C=O) groups is 1. The summed E-state index contributed by atoms with van der Waals surface area (Å²) in [5.74, 6) is 1.52. The highest BCUT2D eigenvalue weighted by Crippen LogP contribution is 2.41. The molecule has 25 heavy (non-hydrogen) atoms. The molecule has 0 aromatic carbocycles. The van der Waals surface area contributed by atoms with Gasteiger partial charge in [-0.3, -0.25) is 4.79 Å². The molecule has 1 aromatic heterocycles. The Morgan fingerprint density at radius 3 is 2.96 bits per heavy atom. The molecule has 1 aromatic rings. The minimum atomic E-state index is -0.0481. The summed E-state index contributed by atoms with van der Waals surface area (Å²) in [5, 5.41) is 0. The fraction of sp³-hybridized carbons (Fsp3) is 0.750. The molecule has 0 spiro atoms. The Kier molecular flexibility index (Phi) is 4.87. The molecule has 3 fully saturated rings. The maximum Gasteiger partial charge on any atom is 0.257 e. The molecule has 1 amide bonds. The standard InChI is InChI=1S/C20H29NO4/c1-15-17(7-11-24-15)19(22)21-9-6-18-20(13-21,8-3-10-25-18)14-23-12-16-4-2-5-16/h7,11,16,18H,2-6,8-10,12-14H2,1H3/t18-,20-/m0/s1. The lowest BCUT2D eigenvalue weighted by Crippen LogP contribution is -2.58. The highest BCUT2D eigenvalue weighted by molar-refractivity contribution is 5.95. The van der Waals surface area contributed by atoms with E-state index in [4.69, 9.17) is 13.9 Å². The molecule has 1 aliphatic carbocycles. The van der Waals surface area contributed by atoms with Crippen LogP contribution in [0.4, 0.5) is 0 Å². The fourth-order valence-electron chi connectivity index (χ4n) is 4.54. The molecule has 0 radical (unpaired) electrons. The third-order valence-corrected chi connectivity index (χ3v) is 6.33. The molecule has 3 aliphatic rings. The molecule has 1 saturated carbocycles. The average molecular weight is 347 g/mol. The van der Waals surface area contributed by atoms with Crippen molar-refractivity contribution in [1.29, 1.82) is 0 Å². The van der Waals surface area contributed by atoms with E-state index in [9.17, 15) is 4.79 Å². The predicted octanol–water partition coefficient (Wildman–Crippen LogP) is 3.42. The zero-order valence-electron chi connectivity index (χ0n) is 15.2. The molecule has 4 rings (SSSR count). The number of hydrogen-bond acceptors (Lipinski definition) is 4.